The van der Waals surface area contributed by atoms with Crippen molar-refractivity contribution in [2.45, 2.75) is 33.2 Å². The average Bonchev–Trinajstić information content (AvgIpc) is 2.38. The van der Waals surface area contributed by atoms with Crippen molar-refractivity contribution in [3.63, 3.8) is 0 Å². The Hall–Kier alpha value is -1.35. The van der Waals surface area contributed by atoms with Crippen LogP contribution in [0.15, 0.2) is 24.3 Å². The highest BCUT2D eigenvalue weighted by Gasteiger charge is 2.20. The van der Waals surface area contributed by atoms with Crippen LogP contribution in [0.2, 0.25) is 0 Å². The van der Waals surface area contributed by atoms with Crippen LogP contribution in [-0.4, -0.2) is 25.5 Å². The molecule has 100 valence electrons. The predicted octanol–water partition coefficient (Wildman–Crippen LogP) is 2.44. The number of methoxy groups -OCH3 is 1. The Bertz CT molecular complexity index is 371. The molecule has 0 fully saturated rings. The van der Waals surface area contributed by atoms with Crippen LogP contribution in [0.5, 0.6) is 5.75 Å². The molecule has 3 nitrogen and oxygen atoms in total. The standard InChI is InChI=1S/C15H23NO2/c1-5-16-14(15(17)11(2)3)10-12-6-8-13(18-4)9-7-12/h6-9,11,14,16H,5,10H2,1-4H3. The molecule has 1 N–H and O–H groups in total. The van der Waals surface area contributed by atoms with Gasteiger partial charge in [0.2, 0.25) is 0 Å². The van der Waals surface area contributed by atoms with E-state index < -0.39 is 0 Å². The van der Waals surface area contributed by atoms with Gasteiger partial charge in [-0.2, -0.15) is 0 Å². The Morgan fingerprint density at radius 1 is 1.28 bits per heavy atom. The molecule has 0 aliphatic carbocycles. The molecular weight excluding hydrogens is 226 g/mol. The number of likely N-dealkylation sites (N-methyl/N-ethyl adjacent to an activating group) is 1. The number of hydrogen-bond donors (Lipinski definition) is 1. The maximum atomic E-state index is 12.1. The third-order valence-corrected chi connectivity index (χ3v) is 2.96. The summed E-state index contributed by atoms with van der Waals surface area (Å²) < 4.78 is 5.12. The second-order valence-corrected chi connectivity index (χ2v) is 4.72. The molecule has 1 unspecified atom stereocenters. The molecule has 1 aromatic rings. The largest absolute Gasteiger partial charge is 0.497 e. The number of carbonyl (C=O) groups is 1. The van der Waals surface area contributed by atoms with Gasteiger partial charge in [0.05, 0.1) is 13.2 Å². The SMILES string of the molecule is CCNC(Cc1ccc(OC)cc1)C(=O)C(C)C. The lowest BCUT2D eigenvalue weighted by Gasteiger charge is -2.19. The molecular formula is C15H23NO2. The van der Waals surface area contributed by atoms with Crippen molar-refractivity contribution in [2.75, 3.05) is 13.7 Å². The monoisotopic (exact) mass is 249 g/mol. The van der Waals surface area contributed by atoms with Crippen molar-refractivity contribution in [1.82, 2.24) is 5.32 Å². The maximum absolute atomic E-state index is 12.1. The molecule has 0 aliphatic rings. The smallest absolute Gasteiger partial charge is 0.152 e. The van der Waals surface area contributed by atoms with E-state index in [4.69, 9.17) is 4.74 Å². The van der Waals surface area contributed by atoms with Gasteiger partial charge in [-0.1, -0.05) is 32.9 Å². The minimum atomic E-state index is -0.0941. The lowest BCUT2D eigenvalue weighted by Crippen LogP contribution is -2.40. The quantitative estimate of drug-likeness (QED) is 0.806. The van der Waals surface area contributed by atoms with Gasteiger partial charge in [-0.05, 0) is 30.7 Å². The molecule has 0 saturated heterocycles. The van der Waals surface area contributed by atoms with Crippen molar-refractivity contribution in [3.05, 3.63) is 29.8 Å². The summed E-state index contributed by atoms with van der Waals surface area (Å²) in [7, 11) is 1.65. The Balaban J connectivity index is 2.73. The van der Waals surface area contributed by atoms with Crippen LogP contribution in [0.25, 0.3) is 0 Å². The fourth-order valence-corrected chi connectivity index (χ4v) is 1.92. The number of Topliss-reactive ketones (excluding diaryl/α,β-unsaturated/α-hetero) is 1. The van der Waals surface area contributed by atoms with E-state index in [1.807, 2.05) is 45.0 Å². The summed E-state index contributed by atoms with van der Waals surface area (Å²) in [6, 6.07) is 7.78. The molecule has 0 aromatic heterocycles. The fraction of sp³-hybridized carbons (Fsp3) is 0.533. The van der Waals surface area contributed by atoms with Gasteiger partial charge in [-0.25, -0.2) is 0 Å². The molecule has 1 rings (SSSR count). The summed E-state index contributed by atoms with van der Waals surface area (Å²) in [5, 5.41) is 3.26. The molecule has 0 aliphatic heterocycles. The summed E-state index contributed by atoms with van der Waals surface area (Å²) in [5.74, 6) is 1.17. The van der Waals surface area contributed by atoms with Gasteiger partial charge < -0.3 is 10.1 Å². The Labute approximate surface area is 110 Å². The first kappa shape index (κ1) is 14.7. The van der Waals surface area contributed by atoms with Crippen LogP contribution < -0.4 is 10.1 Å². The van der Waals surface area contributed by atoms with Crippen LogP contribution >= 0.6 is 0 Å². The lowest BCUT2D eigenvalue weighted by molar-refractivity contribution is -0.123. The first-order valence-corrected chi connectivity index (χ1v) is 6.48. The van der Waals surface area contributed by atoms with Crippen LogP contribution in [0.1, 0.15) is 26.3 Å². The molecule has 0 radical (unpaired) electrons. The molecule has 0 spiro atoms. The summed E-state index contributed by atoms with van der Waals surface area (Å²) in [5.41, 5.74) is 1.15. The number of ether oxygens (including phenoxy) is 1. The third kappa shape index (κ3) is 4.15. The lowest BCUT2D eigenvalue weighted by atomic mass is 9.95. The van der Waals surface area contributed by atoms with Crippen molar-refractivity contribution in [1.29, 1.82) is 0 Å². The van der Waals surface area contributed by atoms with E-state index in [1.165, 1.54) is 0 Å². The molecule has 0 saturated carbocycles. The molecule has 0 bridgehead atoms. The van der Waals surface area contributed by atoms with Gasteiger partial charge >= 0.3 is 0 Å². The summed E-state index contributed by atoms with van der Waals surface area (Å²) in [6.07, 6.45) is 0.731. The molecule has 0 amide bonds. The zero-order valence-corrected chi connectivity index (χ0v) is 11.7. The minimum Gasteiger partial charge on any atom is -0.497 e. The average molecular weight is 249 g/mol. The van der Waals surface area contributed by atoms with Gasteiger partial charge in [-0.15, -0.1) is 0 Å². The second-order valence-electron chi connectivity index (χ2n) is 4.72. The van der Waals surface area contributed by atoms with Gasteiger partial charge in [-0.3, -0.25) is 4.79 Å². The van der Waals surface area contributed by atoms with Crippen molar-refractivity contribution in [3.8, 4) is 5.75 Å². The molecule has 0 heterocycles. The van der Waals surface area contributed by atoms with Crippen LogP contribution in [0, 0.1) is 5.92 Å². The van der Waals surface area contributed by atoms with Gasteiger partial charge in [0, 0.05) is 5.92 Å². The molecule has 1 atom stereocenters. The highest BCUT2D eigenvalue weighted by Crippen LogP contribution is 2.14. The molecule has 3 heteroatoms. The number of nitrogens with one attached hydrogen (secondary N) is 1. The highest BCUT2D eigenvalue weighted by molar-refractivity contribution is 5.86. The minimum absolute atomic E-state index is 0.0623. The van der Waals surface area contributed by atoms with Gasteiger partial charge in [0.15, 0.2) is 5.78 Å². The van der Waals surface area contributed by atoms with Crippen LogP contribution in [0.4, 0.5) is 0 Å². The van der Waals surface area contributed by atoms with Crippen molar-refractivity contribution in [2.24, 2.45) is 5.92 Å². The maximum Gasteiger partial charge on any atom is 0.152 e. The van der Waals surface area contributed by atoms with E-state index in [1.54, 1.807) is 7.11 Å². The first-order chi connectivity index (χ1) is 8.58. The fourth-order valence-electron chi connectivity index (χ4n) is 1.92. The van der Waals surface area contributed by atoms with Crippen LogP contribution in [-0.2, 0) is 11.2 Å². The van der Waals surface area contributed by atoms with E-state index in [0.717, 1.165) is 24.3 Å². The van der Waals surface area contributed by atoms with E-state index in [9.17, 15) is 4.79 Å². The van der Waals surface area contributed by atoms with Gasteiger partial charge in [0.1, 0.15) is 5.75 Å². The van der Waals surface area contributed by atoms with E-state index in [-0.39, 0.29) is 17.7 Å². The summed E-state index contributed by atoms with van der Waals surface area (Å²) in [6.45, 7) is 6.72. The summed E-state index contributed by atoms with van der Waals surface area (Å²) in [4.78, 5) is 12.1. The topological polar surface area (TPSA) is 38.3 Å². The Kier molecular flexibility index (Phi) is 5.86. The van der Waals surface area contributed by atoms with E-state index in [0.29, 0.717) is 0 Å². The number of ketones is 1. The number of hydrogen-bond acceptors (Lipinski definition) is 3. The van der Waals surface area contributed by atoms with Crippen LogP contribution in [0.3, 0.4) is 0 Å². The Morgan fingerprint density at radius 2 is 1.89 bits per heavy atom. The second kappa shape index (κ2) is 7.17. The normalized spacial score (nSPS) is 12.5. The zero-order chi connectivity index (χ0) is 13.5. The highest BCUT2D eigenvalue weighted by atomic mass is 16.5. The van der Waals surface area contributed by atoms with E-state index >= 15 is 0 Å². The predicted molar refractivity (Wildman–Crippen MR) is 74.0 cm³/mol. The number of benzene rings is 1. The first-order valence-electron chi connectivity index (χ1n) is 6.48. The number of rotatable bonds is 7. The summed E-state index contributed by atoms with van der Waals surface area (Å²) >= 11 is 0. The third-order valence-electron chi connectivity index (χ3n) is 2.96. The Morgan fingerprint density at radius 3 is 2.33 bits per heavy atom. The van der Waals surface area contributed by atoms with Crippen molar-refractivity contribution < 1.29 is 9.53 Å². The number of carbonyl (C=O) groups excluding carboxylic acids is 1. The van der Waals surface area contributed by atoms with Gasteiger partial charge in [0.25, 0.3) is 0 Å². The molecule has 18 heavy (non-hydrogen) atoms. The van der Waals surface area contributed by atoms with E-state index in [2.05, 4.69) is 5.32 Å². The molecule has 1 aromatic carbocycles. The van der Waals surface area contributed by atoms with Crippen molar-refractivity contribution >= 4 is 5.78 Å². The zero-order valence-electron chi connectivity index (χ0n) is 11.7.